The van der Waals surface area contributed by atoms with Crippen LogP contribution in [0.25, 0.3) is 0 Å². The highest BCUT2D eigenvalue weighted by atomic mass is 33.1. The van der Waals surface area contributed by atoms with Gasteiger partial charge < -0.3 is 39.7 Å². The number of aliphatic hydroxyl groups is 3. The van der Waals surface area contributed by atoms with Gasteiger partial charge in [0, 0.05) is 23.0 Å². The molecule has 2 saturated heterocycles. The second kappa shape index (κ2) is 10.9. The molecule has 6 atom stereocenters. The molecule has 0 radical (unpaired) electrons. The Morgan fingerprint density at radius 2 is 2.00 bits per heavy atom. The number of rotatable bonds is 8. The highest BCUT2D eigenvalue weighted by molar-refractivity contribution is 8.77. The van der Waals surface area contributed by atoms with Gasteiger partial charge in [-0.1, -0.05) is 28.0 Å². The van der Waals surface area contributed by atoms with Gasteiger partial charge in [-0.25, -0.2) is 4.79 Å². The first-order valence-electron chi connectivity index (χ1n) is 11.2. The molecule has 0 aromatic heterocycles. The second-order valence-corrected chi connectivity index (χ2v) is 11.3. The Morgan fingerprint density at radius 1 is 1.21 bits per heavy atom. The fraction of sp³-hybridized carbons (Fsp3) is 0.636. The third kappa shape index (κ3) is 5.12. The van der Waals surface area contributed by atoms with Gasteiger partial charge >= 0.3 is 11.9 Å². The van der Waals surface area contributed by atoms with Gasteiger partial charge in [0.1, 0.15) is 42.5 Å². The average Bonchev–Trinajstić information content (AvgIpc) is 3.33. The van der Waals surface area contributed by atoms with Crippen LogP contribution in [0.5, 0.6) is 11.5 Å². The molecule has 0 spiro atoms. The molecule has 0 saturated carbocycles. The van der Waals surface area contributed by atoms with E-state index in [1.165, 1.54) is 12.2 Å². The van der Waals surface area contributed by atoms with Crippen LogP contribution in [-0.2, 0) is 25.6 Å². The molecular formula is C22H28O10S2. The molecule has 3 heterocycles. The summed E-state index contributed by atoms with van der Waals surface area (Å²) in [4.78, 5) is 24.5. The summed E-state index contributed by atoms with van der Waals surface area (Å²) in [5, 5.41) is 51.7. The van der Waals surface area contributed by atoms with E-state index in [4.69, 9.17) is 14.2 Å². The van der Waals surface area contributed by atoms with Crippen molar-refractivity contribution < 1.29 is 49.3 Å². The van der Waals surface area contributed by atoms with Crippen LogP contribution in [0.3, 0.4) is 0 Å². The molecule has 5 N–H and O–H groups in total. The predicted molar refractivity (Wildman–Crippen MR) is 122 cm³/mol. The summed E-state index contributed by atoms with van der Waals surface area (Å²) >= 11 is 0. The molecule has 0 aliphatic carbocycles. The Kier molecular flexibility index (Phi) is 8.16. The summed E-state index contributed by atoms with van der Waals surface area (Å²) in [5.74, 6) is -1.28. The minimum Gasteiger partial charge on any atom is -0.507 e. The van der Waals surface area contributed by atoms with Crippen molar-refractivity contribution in [1.82, 2.24) is 0 Å². The van der Waals surface area contributed by atoms with Crippen LogP contribution in [0.2, 0.25) is 0 Å². The highest BCUT2D eigenvalue weighted by Crippen LogP contribution is 2.47. The van der Waals surface area contributed by atoms with Crippen LogP contribution < -0.4 is 0 Å². The lowest BCUT2D eigenvalue weighted by molar-refractivity contribution is -0.237. The topological polar surface area (TPSA) is 163 Å². The SMILES string of the molecule is O=C(CCCCC1CCSS1)OCC1OC2c3c(cc(O)c(CO)c3O)C(=O)OC2C(O)C1O. The molecule has 3 aliphatic heterocycles. The number of carbonyl (C=O) groups excluding carboxylic acids is 2. The van der Waals surface area contributed by atoms with Crippen molar-refractivity contribution in [2.45, 2.75) is 74.5 Å². The third-order valence-corrected chi connectivity index (χ3v) is 9.31. The first kappa shape index (κ1) is 25.4. The zero-order valence-corrected chi connectivity index (χ0v) is 19.9. The number of hydrogen-bond acceptors (Lipinski definition) is 12. The number of fused-ring (bicyclic) bond motifs is 3. The van der Waals surface area contributed by atoms with E-state index in [-0.39, 0.29) is 29.7 Å². The normalized spacial score (nSPS) is 30.4. The Labute approximate surface area is 204 Å². The van der Waals surface area contributed by atoms with Crippen molar-refractivity contribution >= 4 is 33.5 Å². The summed E-state index contributed by atoms with van der Waals surface area (Å²) in [6.07, 6.45) is -2.72. The summed E-state index contributed by atoms with van der Waals surface area (Å²) < 4.78 is 16.3. The van der Waals surface area contributed by atoms with Crippen molar-refractivity contribution in [2.24, 2.45) is 0 Å². The number of hydrogen-bond donors (Lipinski definition) is 5. The predicted octanol–water partition coefficient (Wildman–Crippen LogP) is 1.55. The van der Waals surface area contributed by atoms with Crippen LogP contribution in [-0.4, -0.2) is 79.5 Å². The van der Waals surface area contributed by atoms with Crippen LogP contribution in [0.15, 0.2) is 6.07 Å². The molecule has 1 aromatic carbocycles. The van der Waals surface area contributed by atoms with E-state index in [0.29, 0.717) is 11.7 Å². The van der Waals surface area contributed by atoms with Crippen LogP contribution in [0, 0.1) is 0 Å². The minimum atomic E-state index is -1.58. The first-order chi connectivity index (χ1) is 16.3. The summed E-state index contributed by atoms with van der Waals surface area (Å²) in [5.41, 5.74) is -0.478. The zero-order valence-electron chi connectivity index (χ0n) is 18.3. The van der Waals surface area contributed by atoms with Crippen LogP contribution in [0.4, 0.5) is 0 Å². The van der Waals surface area contributed by atoms with E-state index in [2.05, 4.69) is 0 Å². The third-order valence-electron chi connectivity index (χ3n) is 6.31. The van der Waals surface area contributed by atoms with Crippen molar-refractivity contribution in [1.29, 1.82) is 0 Å². The highest BCUT2D eigenvalue weighted by Gasteiger charge is 2.52. The second-order valence-electron chi connectivity index (χ2n) is 8.55. The van der Waals surface area contributed by atoms with Gasteiger partial charge in [0.15, 0.2) is 6.10 Å². The molecule has 2 fully saturated rings. The molecule has 0 bridgehead atoms. The molecule has 34 heavy (non-hydrogen) atoms. The zero-order chi connectivity index (χ0) is 24.4. The van der Waals surface area contributed by atoms with E-state index >= 15 is 0 Å². The fourth-order valence-corrected chi connectivity index (χ4v) is 7.43. The summed E-state index contributed by atoms with van der Waals surface area (Å²) in [7, 11) is 3.77. The van der Waals surface area contributed by atoms with Gasteiger partial charge in [-0.3, -0.25) is 4.79 Å². The van der Waals surface area contributed by atoms with Gasteiger partial charge in [0.25, 0.3) is 0 Å². The van der Waals surface area contributed by atoms with Gasteiger partial charge in [0.05, 0.1) is 17.7 Å². The molecule has 10 nitrogen and oxygen atoms in total. The Morgan fingerprint density at radius 3 is 2.71 bits per heavy atom. The standard InChI is InChI=1S/C22H28O10S2/c23-8-12-13(24)7-11-16(17(12)26)20-21(32-22(11)29)19(28)18(27)14(31-20)9-30-15(25)4-2-1-3-10-5-6-33-34-10/h7,10,14,18-21,23-24,26-28H,1-6,8-9H2. The Balaban J connectivity index is 1.39. The van der Waals surface area contributed by atoms with Crippen LogP contribution >= 0.6 is 21.6 Å². The smallest absolute Gasteiger partial charge is 0.339 e. The van der Waals surface area contributed by atoms with Crippen molar-refractivity contribution in [2.75, 3.05) is 12.4 Å². The van der Waals surface area contributed by atoms with E-state index in [9.17, 15) is 35.1 Å². The van der Waals surface area contributed by atoms with Gasteiger partial charge in [0.2, 0.25) is 0 Å². The van der Waals surface area contributed by atoms with Crippen molar-refractivity contribution in [3.8, 4) is 11.5 Å². The lowest BCUT2D eigenvalue weighted by Crippen LogP contribution is -2.58. The fourth-order valence-electron chi connectivity index (χ4n) is 4.41. The molecule has 4 rings (SSSR count). The maximum Gasteiger partial charge on any atom is 0.339 e. The number of carbonyl (C=O) groups is 2. The number of unbranched alkanes of at least 4 members (excludes halogenated alkanes) is 1. The van der Waals surface area contributed by atoms with E-state index < -0.39 is 60.6 Å². The average molecular weight is 517 g/mol. The number of esters is 2. The van der Waals surface area contributed by atoms with Gasteiger partial charge in [-0.15, -0.1) is 0 Å². The molecule has 1 aromatic rings. The Bertz CT molecular complexity index is 919. The van der Waals surface area contributed by atoms with Crippen molar-refractivity contribution in [3.63, 3.8) is 0 Å². The van der Waals surface area contributed by atoms with E-state index in [1.54, 1.807) is 0 Å². The number of ether oxygens (including phenoxy) is 3. The summed E-state index contributed by atoms with van der Waals surface area (Å²) in [6, 6.07) is 1.04. The Hall–Kier alpha value is -1.70. The maximum atomic E-state index is 12.4. The minimum absolute atomic E-state index is 0.0756. The number of phenols is 2. The maximum absolute atomic E-state index is 12.4. The molecule has 0 amide bonds. The molecule has 188 valence electrons. The quantitative estimate of drug-likeness (QED) is 0.193. The molecule has 6 unspecified atom stereocenters. The lowest BCUT2D eigenvalue weighted by atomic mass is 9.85. The first-order valence-corrected chi connectivity index (χ1v) is 13.5. The monoisotopic (exact) mass is 516 g/mol. The van der Waals surface area contributed by atoms with Gasteiger partial charge in [-0.05, 0) is 25.3 Å². The lowest BCUT2D eigenvalue weighted by Gasteiger charge is -2.44. The van der Waals surface area contributed by atoms with Crippen molar-refractivity contribution in [3.05, 3.63) is 22.8 Å². The van der Waals surface area contributed by atoms with E-state index in [1.807, 2.05) is 21.6 Å². The molecule has 3 aliphatic rings. The summed E-state index contributed by atoms with van der Waals surface area (Å²) in [6.45, 7) is -1.05. The molecule has 12 heteroatoms. The molecular weight excluding hydrogens is 488 g/mol. The number of benzene rings is 1. The van der Waals surface area contributed by atoms with E-state index in [0.717, 1.165) is 18.9 Å². The van der Waals surface area contributed by atoms with Crippen LogP contribution in [0.1, 0.15) is 59.7 Å². The van der Waals surface area contributed by atoms with Gasteiger partial charge in [-0.2, -0.15) is 0 Å². The number of aromatic hydroxyl groups is 2. The largest absolute Gasteiger partial charge is 0.507 e. The number of aliphatic hydroxyl groups excluding tert-OH is 3.